The van der Waals surface area contributed by atoms with Gasteiger partial charge in [0.05, 0.1) is 5.69 Å². The molecule has 1 aromatic carbocycles. The fourth-order valence-electron chi connectivity index (χ4n) is 2.68. The zero-order chi connectivity index (χ0) is 15.3. The van der Waals surface area contributed by atoms with E-state index >= 15 is 0 Å². The van der Waals surface area contributed by atoms with Gasteiger partial charge in [0.15, 0.2) is 0 Å². The van der Waals surface area contributed by atoms with Crippen LogP contribution in [0.3, 0.4) is 0 Å². The van der Waals surface area contributed by atoms with Gasteiger partial charge in [0.1, 0.15) is 17.3 Å². The van der Waals surface area contributed by atoms with Crippen molar-refractivity contribution >= 4 is 28.8 Å². The second-order valence-corrected chi connectivity index (χ2v) is 6.35. The van der Waals surface area contributed by atoms with Crippen molar-refractivity contribution in [1.29, 1.82) is 0 Å². The van der Waals surface area contributed by atoms with Crippen LogP contribution in [-0.4, -0.2) is 17.5 Å². The summed E-state index contributed by atoms with van der Waals surface area (Å²) in [5.74, 6) is 0.659. The van der Waals surface area contributed by atoms with Crippen molar-refractivity contribution in [3.8, 4) is 5.75 Å². The zero-order valence-corrected chi connectivity index (χ0v) is 13.2. The Balaban J connectivity index is 2.08. The molecule has 1 aliphatic rings. The SMILES string of the molecule is CC1(C(=O)Nc2ccccc2OCC(N)=S)CCCCC1. The van der Waals surface area contributed by atoms with E-state index in [1.807, 2.05) is 25.1 Å². The summed E-state index contributed by atoms with van der Waals surface area (Å²) in [6.07, 6.45) is 5.33. The summed E-state index contributed by atoms with van der Waals surface area (Å²) in [5.41, 5.74) is 5.84. The number of benzene rings is 1. The number of rotatable bonds is 5. The Morgan fingerprint density at radius 3 is 2.67 bits per heavy atom. The van der Waals surface area contributed by atoms with E-state index in [1.54, 1.807) is 6.07 Å². The molecular weight excluding hydrogens is 284 g/mol. The Morgan fingerprint density at radius 1 is 1.33 bits per heavy atom. The number of anilines is 1. The second-order valence-electron chi connectivity index (χ2n) is 5.83. The quantitative estimate of drug-likeness (QED) is 0.820. The fourth-order valence-corrected chi connectivity index (χ4v) is 2.74. The number of carbonyl (C=O) groups excluding carboxylic acids is 1. The van der Waals surface area contributed by atoms with Gasteiger partial charge in [-0.2, -0.15) is 0 Å². The average Bonchev–Trinajstić information content (AvgIpc) is 2.47. The van der Waals surface area contributed by atoms with Crippen LogP contribution in [0.25, 0.3) is 0 Å². The van der Waals surface area contributed by atoms with Crippen LogP contribution in [0.2, 0.25) is 0 Å². The van der Waals surface area contributed by atoms with Crippen molar-refractivity contribution in [1.82, 2.24) is 0 Å². The number of amides is 1. The lowest BCUT2D eigenvalue weighted by molar-refractivity contribution is -0.126. The molecule has 0 unspecified atom stereocenters. The standard InChI is InChI=1S/C16H22N2O2S/c1-16(9-5-2-6-10-16)15(19)18-12-7-3-4-8-13(12)20-11-14(17)21/h3-4,7-8H,2,5-6,9-11H2,1H3,(H2,17,21)(H,18,19). The van der Waals surface area contributed by atoms with Gasteiger partial charge in [-0.15, -0.1) is 0 Å². The molecule has 0 atom stereocenters. The van der Waals surface area contributed by atoms with Crippen LogP contribution in [0.15, 0.2) is 24.3 Å². The monoisotopic (exact) mass is 306 g/mol. The van der Waals surface area contributed by atoms with Gasteiger partial charge >= 0.3 is 0 Å². The number of hydrogen-bond donors (Lipinski definition) is 2. The van der Waals surface area contributed by atoms with Gasteiger partial charge in [-0.3, -0.25) is 4.79 Å². The average molecular weight is 306 g/mol. The molecule has 114 valence electrons. The summed E-state index contributed by atoms with van der Waals surface area (Å²) >= 11 is 4.81. The summed E-state index contributed by atoms with van der Waals surface area (Å²) in [6, 6.07) is 7.36. The summed E-state index contributed by atoms with van der Waals surface area (Å²) in [4.78, 5) is 12.8. The third-order valence-corrected chi connectivity index (χ3v) is 4.13. The van der Waals surface area contributed by atoms with Crippen molar-refractivity contribution in [2.75, 3.05) is 11.9 Å². The fraction of sp³-hybridized carbons (Fsp3) is 0.500. The van der Waals surface area contributed by atoms with Gasteiger partial charge in [0.2, 0.25) is 5.91 Å². The van der Waals surface area contributed by atoms with Crippen LogP contribution in [0.1, 0.15) is 39.0 Å². The van der Waals surface area contributed by atoms with E-state index in [2.05, 4.69) is 5.32 Å². The lowest BCUT2D eigenvalue weighted by Crippen LogP contribution is -2.35. The molecule has 3 N–H and O–H groups in total. The number of ether oxygens (including phenoxy) is 1. The molecule has 0 radical (unpaired) electrons. The molecule has 0 aliphatic heterocycles. The highest BCUT2D eigenvalue weighted by atomic mass is 32.1. The molecule has 21 heavy (non-hydrogen) atoms. The molecule has 0 saturated heterocycles. The van der Waals surface area contributed by atoms with E-state index in [0.29, 0.717) is 11.4 Å². The maximum atomic E-state index is 12.6. The van der Waals surface area contributed by atoms with Crippen LogP contribution >= 0.6 is 12.2 Å². The summed E-state index contributed by atoms with van der Waals surface area (Å²) in [6.45, 7) is 2.21. The molecule has 5 heteroatoms. The number of thiocarbonyl (C=S) groups is 1. The molecule has 0 heterocycles. The van der Waals surface area contributed by atoms with Crippen molar-refractivity contribution in [2.45, 2.75) is 39.0 Å². The maximum Gasteiger partial charge on any atom is 0.230 e. The van der Waals surface area contributed by atoms with Crippen molar-refractivity contribution in [3.63, 3.8) is 0 Å². The smallest absolute Gasteiger partial charge is 0.230 e. The highest BCUT2D eigenvalue weighted by Gasteiger charge is 2.34. The first kappa shape index (κ1) is 15.8. The lowest BCUT2D eigenvalue weighted by atomic mass is 9.75. The number of nitrogens with two attached hydrogens (primary N) is 1. The topological polar surface area (TPSA) is 64.3 Å². The number of hydrogen-bond acceptors (Lipinski definition) is 3. The predicted molar refractivity (Wildman–Crippen MR) is 88.5 cm³/mol. The minimum Gasteiger partial charge on any atom is -0.484 e. The normalized spacial score (nSPS) is 17.0. The van der Waals surface area contributed by atoms with E-state index in [0.717, 1.165) is 25.7 Å². The highest BCUT2D eigenvalue weighted by Crippen LogP contribution is 2.37. The first-order valence-corrected chi connectivity index (χ1v) is 7.74. The summed E-state index contributed by atoms with van der Waals surface area (Å²) in [7, 11) is 0. The zero-order valence-electron chi connectivity index (χ0n) is 12.4. The molecule has 1 fully saturated rings. The number of carbonyl (C=O) groups is 1. The molecule has 4 nitrogen and oxygen atoms in total. The van der Waals surface area contributed by atoms with Crippen LogP contribution in [-0.2, 0) is 4.79 Å². The molecule has 0 aromatic heterocycles. The Morgan fingerprint density at radius 2 is 2.00 bits per heavy atom. The van der Waals surface area contributed by atoms with Crippen LogP contribution in [0, 0.1) is 5.41 Å². The van der Waals surface area contributed by atoms with Gasteiger partial charge in [0, 0.05) is 5.41 Å². The van der Waals surface area contributed by atoms with Crippen molar-refractivity contribution in [2.24, 2.45) is 11.1 Å². The molecule has 1 amide bonds. The Hall–Kier alpha value is -1.62. The number of para-hydroxylation sites is 2. The maximum absolute atomic E-state index is 12.6. The Kier molecular flexibility index (Phi) is 5.17. The van der Waals surface area contributed by atoms with E-state index in [-0.39, 0.29) is 22.9 Å². The highest BCUT2D eigenvalue weighted by molar-refractivity contribution is 7.80. The predicted octanol–water partition coefficient (Wildman–Crippen LogP) is 3.26. The van der Waals surface area contributed by atoms with Crippen LogP contribution < -0.4 is 15.8 Å². The Bertz CT molecular complexity index is 525. The molecule has 1 aromatic rings. The summed E-state index contributed by atoms with van der Waals surface area (Å²) in [5, 5.41) is 3.00. The molecule has 0 bridgehead atoms. The first-order valence-electron chi connectivity index (χ1n) is 7.33. The van der Waals surface area contributed by atoms with E-state index < -0.39 is 0 Å². The van der Waals surface area contributed by atoms with Crippen molar-refractivity contribution < 1.29 is 9.53 Å². The van der Waals surface area contributed by atoms with Crippen molar-refractivity contribution in [3.05, 3.63) is 24.3 Å². The van der Waals surface area contributed by atoms with E-state index in [1.165, 1.54) is 6.42 Å². The van der Waals surface area contributed by atoms with Gasteiger partial charge in [-0.1, -0.05) is 50.5 Å². The van der Waals surface area contributed by atoms with Gasteiger partial charge in [-0.25, -0.2) is 0 Å². The van der Waals surface area contributed by atoms with Gasteiger partial charge < -0.3 is 15.8 Å². The second kappa shape index (κ2) is 6.89. The van der Waals surface area contributed by atoms with Gasteiger partial charge in [-0.05, 0) is 25.0 Å². The molecule has 1 aliphatic carbocycles. The molecule has 1 saturated carbocycles. The third-order valence-electron chi connectivity index (χ3n) is 4.01. The summed E-state index contributed by atoms with van der Waals surface area (Å²) < 4.78 is 5.54. The minimum atomic E-state index is -0.283. The van der Waals surface area contributed by atoms with Crippen LogP contribution in [0.4, 0.5) is 5.69 Å². The third kappa shape index (κ3) is 4.17. The number of nitrogens with one attached hydrogen (secondary N) is 1. The Labute approximate surface area is 131 Å². The van der Waals surface area contributed by atoms with Crippen LogP contribution in [0.5, 0.6) is 5.75 Å². The molecule has 0 spiro atoms. The van der Waals surface area contributed by atoms with Gasteiger partial charge in [0.25, 0.3) is 0 Å². The first-order chi connectivity index (χ1) is 10.0. The molecular formula is C16H22N2O2S. The largest absolute Gasteiger partial charge is 0.484 e. The lowest BCUT2D eigenvalue weighted by Gasteiger charge is -2.32. The minimum absolute atomic E-state index is 0.0635. The van der Waals surface area contributed by atoms with E-state index in [4.69, 9.17) is 22.7 Å². The van der Waals surface area contributed by atoms with E-state index in [9.17, 15) is 4.79 Å². The molecule has 2 rings (SSSR count).